The summed E-state index contributed by atoms with van der Waals surface area (Å²) in [6, 6.07) is 9.09. The summed E-state index contributed by atoms with van der Waals surface area (Å²) >= 11 is 6.17. The molecule has 1 aliphatic carbocycles. The van der Waals surface area contributed by atoms with E-state index in [1.54, 1.807) is 18.2 Å². The summed E-state index contributed by atoms with van der Waals surface area (Å²) in [6.07, 6.45) is 4.15. The number of carbonyl (C=O) groups is 3. The first-order valence-corrected chi connectivity index (χ1v) is 10.6. The summed E-state index contributed by atoms with van der Waals surface area (Å²) in [5.41, 5.74) is 2.01. The van der Waals surface area contributed by atoms with Crippen molar-refractivity contribution in [3.8, 4) is 0 Å². The van der Waals surface area contributed by atoms with Crippen molar-refractivity contribution in [2.75, 3.05) is 0 Å². The summed E-state index contributed by atoms with van der Waals surface area (Å²) in [6.45, 7) is 2.30. The Morgan fingerprint density at radius 1 is 1.16 bits per heavy atom. The van der Waals surface area contributed by atoms with Gasteiger partial charge in [0.05, 0.1) is 12.1 Å². The maximum absolute atomic E-state index is 12.9. The second kappa shape index (κ2) is 8.19. The molecule has 1 aromatic carbocycles. The van der Waals surface area contributed by atoms with E-state index in [0.717, 1.165) is 23.4 Å². The molecule has 162 valence electrons. The lowest BCUT2D eigenvalue weighted by atomic mass is 9.77. The van der Waals surface area contributed by atoms with Crippen LogP contribution >= 0.6 is 11.6 Å². The fraction of sp³-hybridized carbons (Fsp3) is 0.364. The SMILES string of the molecule is CC1CCC2(CC1)NC(=O)N(NC(=O)c1ccc(=O)n(Cc3ccccc3Cl)c1)C2=O. The van der Waals surface area contributed by atoms with Crippen LogP contribution in [0.15, 0.2) is 47.4 Å². The van der Waals surface area contributed by atoms with Crippen LogP contribution in [0.1, 0.15) is 48.5 Å². The van der Waals surface area contributed by atoms with E-state index >= 15 is 0 Å². The van der Waals surface area contributed by atoms with E-state index in [0.29, 0.717) is 23.8 Å². The average molecular weight is 443 g/mol. The highest BCUT2D eigenvalue weighted by atomic mass is 35.5. The number of hydrogen-bond acceptors (Lipinski definition) is 4. The van der Waals surface area contributed by atoms with Gasteiger partial charge in [-0.1, -0.05) is 36.7 Å². The number of nitrogens with zero attached hydrogens (tertiary/aromatic N) is 2. The van der Waals surface area contributed by atoms with Crippen LogP contribution in [0.25, 0.3) is 0 Å². The van der Waals surface area contributed by atoms with Crippen molar-refractivity contribution in [2.45, 2.75) is 44.7 Å². The molecule has 1 saturated heterocycles. The van der Waals surface area contributed by atoms with E-state index in [-0.39, 0.29) is 17.7 Å². The largest absolute Gasteiger partial charge is 0.344 e. The molecule has 2 fully saturated rings. The minimum atomic E-state index is -0.945. The number of halogens is 1. The molecule has 2 aromatic rings. The smallest absolute Gasteiger partial charge is 0.322 e. The molecular weight excluding hydrogens is 420 g/mol. The molecule has 1 aromatic heterocycles. The number of aromatic nitrogens is 1. The van der Waals surface area contributed by atoms with Crippen LogP contribution in [0, 0.1) is 5.92 Å². The van der Waals surface area contributed by atoms with E-state index in [9.17, 15) is 19.2 Å². The molecule has 4 amide bonds. The zero-order valence-corrected chi connectivity index (χ0v) is 17.8. The van der Waals surface area contributed by atoms with Gasteiger partial charge in [-0.3, -0.25) is 19.8 Å². The molecule has 31 heavy (non-hydrogen) atoms. The minimum absolute atomic E-state index is 0.144. The number of pyridine rings is 1. The number of amides is 4. The molecule has 0 bridgehead atoms. The summed E-state index contributed by atoms with van der Waals surface area (Å²) < 4.78 is 1.35. The number of hydrazine groups is 1. The van der Waals surface area contributed by atoms with Gasteiger partial charge in [0, 0.05) is 17.3 Å². The van der Waals surface area contributed by atoms with Gasteiger partial charge in [-0.05, 0) is 49.3 Å². The van der Waals surface area contributed by atoms with Crippen LogP contribution in [-0.2, 0) is 11.3 Å². The Kier molecular flexibility index (Phi) is 5.58. The molecule has 8 nitrogen and oxygen atoms in total. The standard InChI is InChI=1S/C22H23ClN4O4/c1-14-8-10-22(11-9-14)20(30)27(21(31)24-22)25-19(29)16-6-7-18(28)26(13-16)12-15-4-2-3-5-17(15)23/h2-7,13-14H,8-12H2,1H3,(H,24,31)(H,25,29). The van der Waals surface area contributed by atoms with Crippen LogP contribution in [0.3, 0.4) is 0 Å². The first-order valence-electron chi connectivity index (χ1n) is 10.2. The summed E-state index contributed by atoms with van der Waals surface area (Å²) in [7, 11) is 0. The van der Waals surface area contributed by atoms with Crippen molar-refractivity contribution in [2.24, 2.45) is 5.92 Å². The van der Waals surface area contributed by atoms with E-state index < -0.39 is 23.4 Å². The van der Waals surface area contributed by atoms with Gasteiger partial charge in [-0.15, -0.1) is 0 Å². The second-order valence-electron chi connectivity index (χ2n) is 8.25. The van der Waals surface area contributed by atoms with Gasteiger partial charge in [0.25, 0.3) is 17.4 Å². The molecule has 9 heteroatoms. The Bertz CT molecular complexity index is 1100. The van der Waals surface area contributed by atoms with E-state index in [1.165, 1.54) is 22.9 Å². The van der Waals surface area contributed by atoms with Crippen molar-refractivity contribution < 1.29 is 14.4 Å². The molecule has 4 rings (SSSR count). The van der Waals surface area contributed by atoms with Crippen LogP contribution < -0.4 is 16.3 Å². The van der Waals surface area contributed by atoms with Gasteiger partial charge < -0.3 is 9.88 Å². The normalized spacial score (nSPS) is 23.2. The maximum atomic E-state index is 12.9. The molecule has 2 N–H and O–H groups in total. The van der Waals surface area contributed by atoms with Crippen LogP contribution in [-0.4, -0.2) is 33.0 Å². The predicted molar refractivity (Wildman–Crippen MR) is 114 cm³/mol. The van der Waals surface area contributed by atoms with Crippen LogP contribution in [0.5, 0.6) is 0 Å². The zero-order valence-electron chi connectivity index (χ0n) is 17.1. The van der Waals surface area contributed by atoms with Gasteiger partial charge in [0.2, 0.25) is 0 Å². The van der Waals surface area contributed by atoms with Crippen molar-refractivity contribution >= 4 is 29.4 Å². The number of hydrogen-bond donors (Lipinski definition) is 2. The third-order valence-corrected chi connectivity index (χ3v) is 6.42. The zero-order chi connectivity index (χ0) is 22.2. The van der Waals surface area contributed by atoms with Gasteiger partial charge in [-0.25, -0.2) is 4.79 Å². The lowest BCUT2D eigenvalue weighted by Gasteiger charge is -2.33. The molecule has 2 aliphatic rings. The molecule has 1 aliphatic heterocycles. The fourth-order valence-corrected chi connectivity index (χ4v) is 4.28. The number of imide groups is 1. The third kappa shape index (κ3) is 4.07. The van der Waals surface area contributed by atoms with Gasteiger partial charge in [0.15, 0.2) is 0 Å². The molecule has 0 atom stereocenters. The monoisotopic (exact) mass is 442 g/mol. The molecule has 0 radical (unpaired) electrons. The van der Waals surface area contributed by atoms with E-state index in [1.807, 2.05) is 6.07 Å². The lowest BCUT2D eigenvalue weighted by Crippen LogP contribution is -2.51. The van der Waals surface area contributed by atoms with E-state index in [4.69, 9.17) is 11.6 Å². The Hall–Kier alpha value is -3.13. The van der Waals surface area contributed by atoms with E-state index in [2.05, 4.69) is 17.7 Å². The molecule has 1 saturated carbocycles. The quantitative estimate of drug-likeness (QED) is 0.711. The summed E-state index contributed by atoms with van der Waals surface area (Å²) in [4.78, 5) is 50.4. The predicted octanol–water partition coefficient (Wildman–Crippen LogP) is 2.70. The molecule has 2 heterocycles. The van der Waals surface area contributed by atoms with Gasteiger partial charge in [-0.2, -0.15) is 5.01 Å². The van der Waals surface area contributed by atoms with Gasteiger partial charge in [0.1, 0.15) is 5.54 Å². The fourth-order valence-electron chi connectivity index (χ4n) is 4.08. The Morgan fingerprint density at radius 3 is 2.58 bits per heavy atom. The highest BCUT2D eigenvalue weighted by Gasteiger charge is 2.52. The highest BCUT2D eigenvalue weighted by molar-refractivity contribution is 6.31. The molecule has 1 spiro atoms. The van der Waals surface area contributed by atoms with Crippen molar-refractivity contribution in [1.82, 2.24) is 20.3 Å². The average Bonchev–Trinajstić information content (AvgIpc) is 2.97. The Balaban J connectivity index is 1.51. The number of rotatable bonds is 4. The number of carbonyl (C=O) groups excluding carboxylic acids is 3. The number of nitrogens with one attached hydrogen (secondary N) is 2. The van der Waals surface area contributed by atoms with Gasteiger partial charge >= 0.3 is 6.03 Å². The Morgan fingerprint density at radius 2 is 1.87 bits per heavy atom. The number of urea groups is 1. The summed E-state index contributed by atoms with van der Waals surface area (Å²) in [5, 5.41) is 4.02. The molecular formula is C22H23ClN4O4. The maximum Gasteiger partial charge on any atom is 0.344 e. The van der Waals surface area contributed by atoms with Crippen molar-refractivity contribution in [3.05, 3.63) is 69.1 Å². The second-order valence-corrected chi connectivity index (χ2v) is 8.66. The third-order valence-electron chi connectivity index (χ3n) is 6.05. The first-order chi connectivity index (χ1) is 14.8. The summed E-state index contributed by atoms with van der Waals surface area (Å²) in [5.74, 6) is -0.599. The topological polar surface area (TPSA) is 101 Å². The number of benzene rings is 1. The van der Waals surface area contributed by atoms with Crippen LogP contribution in [0.2, 0.25) is 5.02 Å². The Labute approximate surface area is 184 Å². The minimum Gasteiger partial charge on any atom is -0.322 e. The lowest BCUT2D eigenvalue weighted by molar-refractivity contribution is -0.134. The molecule has 0 unspecified atom stereocenters. The first kappa shape index (κ1) is 21.1. The van der Waals surface area contributed by atoms with Crippen molar-refractivity contribution in [3.63, 3.8) is 0 Å². The highest BCUT2D eigenvalue weighted by Crippen LogP contribution is 2.35. The van der Waals surface area contributed by atoms with Crippen molar-refractivity contribution in [1.29, 1.82) is 0 Å². The van der Waals surface area contributed by atoms with Crippen LogP contribution in [0.4, 0.5) is 4.79 Å².